The number of rotatable bonds is 3. The van der Waals surface area contributed by atoms with Gasteiger partial charge in [0, 0.05) is 4.88 Å². The van der Waals surface area contributed by atoms with Crippen molar-refractivity contribution in [1.82, 2.24) is 10.3 Å². The fourth-order valence-electron chi connectivity index (χ4n) is 3.26. The van der Waals surface area contributed by atoms with Gasteiger partial charge in [-0.1, -0.05) is 13.8 Å². The second-order valence-electron chi connectivity index (χ2n) is 5.37. The lowest BCUT2D eigenvalue weighted by Crippen LogP contribution is -2.51. The molecule has 1 aromatic rings. The average molecular weight is 236 g/mol. The van der Waals surface area contributed by atoms with Gasteiger partial charge >= 0.3 is 0 Å². The number of nitrogens with one attached hydrogen (secondary N) is 1. The summed E-state index contributed by atoms with van der Waals surface area (Å²) in [7, 11) is 0. The van der Waals surface area contributed by atoms with Crippen LogP contribution in [-0.2, 0) is 18.4 Å². The molecule has 1 aromatic heterocycles. The van der Waals surface area contributed by atoms with E-state index in [-0.39, 0.29) is 5.54 Å². The Kier molecular flexibility index (Phi) is 2.55. The van der Waals surface area contributed by atoms with Gasteiger partial charge < -0.3 is 5.32 Å². The van der Waals surface area contributed by atoms with Crippen LogP contribution in [0.5, 0.6) is 0 Å². The molecule has 16 heavy (non-hydrogen) atoms. The Bertz CT molecular complexity index is 364. The molecule has 1 fully saturated rings. The van der Waals surface area contributed by atoms with E-state index >= 15 is 0 Å². The number of nitrogens with zero attached hydrogens (tertiary/aromatic N) is 1. The van der Waals surface area contributed by atoms with E-state index in [2.05, 4.69) is 19.2 Å². The molecule has 0 radical (unpaired) electrons. The predicted octanol–water partition coefficient (Wildman–Crippen LogP) is 2.87. The molecule has 88 valence electrons. The van der Waals surface area contributed by atoms with E-state index in [9.17, 15) is 0 Å². The fraction of sp³-hybridized carbons (Fsp3) is 0.769. The molecule has 0 amide bonds. The van der Waals surface area contributed by atoms with Crippen LogP contribution in [0.1, 0.15) is 48.7 Å². The van der Waals surface area contributed by atoms with Crippen molar-refractivity contribution in [3.8, 4) is 0 Å². The van der Waals surface area contributed by atoms with Gasteiger partial charge in [0.2, 0.25) is 0 Å². The first-order chi connectivity index (χ1) is 7.73. The van der Waals surface area contributed by atoms with Crippen molar-refractivity contribution in [3.05, 3.63) is 15.6 Å². The highest BCUT2D eigenvalue weighted by Crippen LogP contribution is 2.47. The highest BCUT2D eigenvalue weighted by molar-refractivity contribution is 7.12. The first kappa shape index (κ1) is 10.7. The molecule has 0 atom stereocenters. The summed E-state index contributed by atoms with van der Waals surface area (Å²) >= 11 is 1.97. The van der Waals surface area contributed by atoms with Crippen molar-refractivity contribution in [2.24, 2.45) is 5.92 Å². The summed E-state index contributed by atoms with van der Waals surface area (Å²) < 4.78 is 0. The SMILES string of the molecule is CCNC1(c2nc3c(s2)CCC3)CC(C)C1. The largest absolute Gasteiger partial charge is 0.306 e. The standard InChI is InChI=1S/C13H20N2S/c1-3-14-13(7-9(2)8-13)12-15-10-5-4-6-11(10)16-12/h9,14H,3-8H2,1-2H3. The summed E-state index contributed by atoms with van der Waals surface area (Å²) in [5, 5.41) is 5.05. The summed E-state index contributed by atoms with van der Waals surface area (Å²) in [4.78, 5) is 6.46. The summed E-state index contributed by atoms with van der Waals surface area (Å²) in [6.45, 7) is 5.60. The van der Waals surface area contributed by atoms with Gasteiger partial charge in [0.05, 0.1) is 11.2 Å². The molecule has 0 aliphatic heterocycles. The van der Waals surface area contributed by atoms with Gasteiger partial charge in [0.15, 0.2) is 0 Å². The molecule has 0 unspecified atom stereocenters. The van der Waals surface area contributed by atoms with Crippen molar-refractivity contribution in [2.75, 3.05) is 6.54 Å². The Hall–Kier alpha value is -0.410. The van der Waals surface area contributed by atoms with Gasteiger partial charge in [0.25, 0.3) is 0 Å². The van der Waals surface area contributed by atoms with Crippen molar-refractivity contribution in [2.45, 2.75) is 51.5 Å². The Morgan fingerprint density at radius 1 is 1.44 bits per heavy atom. The molecule has 0 aromatic carbocycles. The number of aryl methyl sites for hydroxylation is 2. The van der Waals surface area contributed by atoms with E-state index in [1.165, 1.54) is 42.8 Å². The molecular weight excluding hydrogens is 216 g/mol. The minimum Gasteiger partial charge on any atom is -0.306 e. The average Bonchev–Trinajstić information content (AvgIpc) is 2.73. The normalized spacial score (nSPS) is 32.5. The van der Waals surface area contributed by atoms with Crippen LogP contribution in [0, 0.1) is 5.92 Å². The molecule has 0 bridgehead atoms. The zero-order valence-electron chi connectivity index (χ0n) is 10.2. The highest BCUT2D eigenvalue weighted by Gasteiger charge is 2.45. The fourth-order valence-corrected chi connectivity index (χ4v) is 4.59. The molecule has 0 saturated heterocycles. The van der Waals surface area contributed by atoms with Crippen molar-refractivity contribution < 1.29 is 0 Å². The second kappa shape index (κ2) is 3.81. The van der Waals surface area contributed by atoms with Gasteiger partial charge in [-0.05, 0) is 44.6 Å². The predicted molar refractivity (Wildman–Crippen MR) is 67.9 cm³/mol. The van der Waals surface area contributed by atoms with Gasteiger partial charge in [-0.25, -0.2) is 4.98 Å². The first-order valence-electron chi connectivity index (χ1n) is 6.47. The third kappa shape index (κ3) is 1.52. The zero-order chi connectivity index (χ0) is 11.2. The van der Waals surface area contributed by atoms with E-state index in [0.29, 0.717) is 0 Å². The quantitative estimate of drug-likeness (QED) is 0.873. The molecule has 1 N–H and O–H groups in total. The highest BCUT2D eigenvalue weighted by atomic mass is 32.1. The Morgan fingerprint density at radius 2 is 2.25 bits per heavy atom. The number of hydrogen-bond donors (Lipinski definition) is 1. The van der Waals surface area contributed by atoms with Crippen molar-refractivity contribution >= 4 is 11.3 Å². The van der Waals surface area contributed by atoms with Crippen LogP contribution in [-0.4, -0.2) is 11.5 Å². The van der Waals surface area contributed by atoms with Crippen LogP contribution in [0.4, 0.5) is 0 Å². The van der Waals surface area contributed by atoms with Gasteiger partial charge in [-0.15, -0.1) is 11.3 Å². The maximum absolute atomic E-state index is 4.89. The van der Waals surface area contributed by atoms with E-state index in [1.807, 2.05) is 11.3 Å². The Balaban J connectivity index is 1.88. The lowest BCUT2D eigenvalue weighted by molar-refractivity contribution is 0.116. The second-order valence-corrected chi connectivity index (χ2v) is 6.45. The van der Waals surface area contributed by atoms with Crippen LogP contribution in [0.3, 0.4) is 0 Å². The minimum atomic E-state index is 0.239. The van der Waals surface area contributed by atoms with Gasteiger partial charge in [0.1, 0.15) is 5.01 Å². The summed E-state index contributed by atoms with van der Waals surface area (Å²) in [5.74, 6) is 0.859. The van der Waals surface area contributed by atoms with E-state index in [1.54, 1.807) is 4.88 Å². The zero-order valence-corrected chi connectivity index (χ0v) is 11.0. The molecular formula is C13H20N2S. The molecule has 0 spiro atoms. The maximum Gasteiger partial charge on any atom is 0.113 e. The molecule has 2 nitrogen and oxygen atoms in total. The molecule has 1 heterocycles. The van der Waals surface area contributed by atoms with Crippen molar-refractivity contribution in [1.29, 1.82) is 0 Å². The smallest absolute Gasteiger partial charge is 0.113 e. The third-order valence-electron chi connectivity index (χ3n) is 3.91. The maximum atomic E-state index is 4.89. The lowest BCUT2D eigenvalue weighted by atomic mass is 9.69. The van der Waals surface area contributed by atoms with Crippen LogP contribution in [0.15, 0.2) is 0 Å². The Morgan fingerprint density at radius 3 is 2.88 bits per heavy atom. The van der Waals surface area contributed by atoms with Gasteiger partial charge in [-0.3, -0.25) is 0 Å². The first-order valence-corrected chi connectivity index (χ1v) is 7.29. The molecule has 2 aliphatic carbocycles. The van der Waals surface area contributed by atoms with Crippen LogP contribution >= 0.6 is 11.3 Å². The molecule has 2 aliphatic rings. The third-order valence-corrected chi connectivity index (χ3v) is 5.28. The molecule has 3 heteroatoms. The molecule has 3 rings (SSSR count). The lowest BCUT2D eigenvalue weighted by Gasteiger charge is -2.45. The number of hydrogen-bond acceptors (Lipinski definition) is 3. The van der Waals surface area contributed by atoms with E-state index in [0.717, 1.165) is 12.5 Å². The Labute approximate surface area is 101 Å². The van der Waals surface area contributed by atoms with Crippen LogP contribution in [0.2, 0.25) is 0 Å². The molecule has 1 saturated carbocycles. The van der Waals surface area contributed by atoms with Crippen LogP contribution < -0.4 is 5.32 Å². The number of fused-ring (bicyclic) bond motifs is 1. The van der Waals surface area contributed by atoms with E-state index < -0.39 is 0 Å². The summed E-state index contributed by atoms with van der Waals surface area (Å²) in [5.41, 5.74) is 1.64. The minimum absolute atomic E-state index is 0.239. The van der Waals surface area contributed by atoms with E-state index in [4.69, 9.17) is 4.98 Å². The number of aromatic nitrogens is 1. The monoisotopic (exact) mass is 236 g/mol. The topological polar surface area (TPSA) is 24.9 Å². The van der Waals surface area contributed by atoms with Gasteiger partial charge in [-0.2, -0.15) is 0 Å². The van der Waals surface area contributed by atoms with Crippen LogP contribution in [0.25, 0.3) is 0 Å². The van der Waals surface area contributed by atoms with Crippen molar-refractivity contribution in [3.63, 3.8) is 0 Å². The summed E-state index contributed by atoms with van der Waals surface area (Å²) in [6, 6.07) is 0. The summed E-state index contributed by atoms with van der Waals surface area (Å²) in [6.07, 6.45) is 6.34. The number of thiazole rings is 1.